The number of amides is 1. The van der Waals surface area contributed by atoms with Crippen molar-refractivity contribution in [3.05, 3.63) is 94.8 Å². The summed E-state index contributed by atoms with van der Waals surface area (Å²) in [5.74, 6) is 1.88. The topological polar surface area (TPSA) is 56.2 Å². The Balaban J connectivity index is 1.37. The van der Waals surface area contributed by atoms with Crippen LogP contribution >= 0.6 is 0 Å². The summed E-state index contributed by atoms with van der Waals surface area (Å²) in [6, 6.07) is 22.1. The Morgan fingerprint density at radius 3 is 2.42 bits per heavy atom. The van der Waals surface area contributed by atoms with Crippen LogP contribution in [-0.2, 0) is 13.0 Å². The number of fused-ring (bicyclic) bond motifs is 1. The Hall–Kier alpha value is -3.60. The van der Waals surface area contributed by atoms with Gasteiger partial charge in [0.25, 0.3) is 5.91 Å². The molecule has 0 saturated heterocycles. The van der Waals surface area contributed by atoms with Crippen LogP contribution in [0.3, 0.4) is 0 Å². The second-order valence-electron chi connectivity index (χ2n) is 8.57. The number of benzene rings is 3. The highest BCUT2D eigenvalue weighted by Crippen LogP contribution is 2.19. The maximum Gasteiger partial charge on any atom is 0.251 e. The smallest absolute Gasteiger partial charge is 0.251 e. The van der Waals surface area contributed by atoms with Gasteiger partial charge in [0, 0.05) is 18.5 Å². The van der Waals surface area contributed by atoms with E-state index in [0.717, 1.165) is 47.6 Å². The van der Waals surface area contributed by atoms with Crippen LogP contribution in [0.1, 0.15) is 39.3 Å². The molecule has 170 valence electrons. The Labute approximate surface area is 195 Å². The summed E-state index contributed by atoms with van der Waals surface area (Å²) in [4.78, 5) is 17.2. The molecule has 5 nitrogen and oxygen atoms in total. The first-order valence-electron chi connectivity index (χ1n) is 11.5. The number of aromatic nitrogens is 2. The van der Waals surface area contributed by atoms with Gasteiger partial charge < -0.3 is 14.6 Å². The minimum absolute atomic E-state index is 0.0367. The zero-order valence-corrected chi connectivity index (χ0v) is 19.6. The van der Waals surface area contributed by atoms with Gasteiger partial charge in [-0.25, -0.2) is 4.98 Å². The van der Waals surface area contributed by atoms with Crippen molar-refractivity contribution >= 4 is 16.9 Å². The van der Waals surface area contributed by atoms with E-state index < -0.39 is 0 Å². The van der Waals surface area contributed by atoms with Crippen LogP contribution in [0.25, 0.3) is 11.0 Å². The number of ether oxygens (including phenoxy) is 1. The molecule has 33 heavy (non-hydrogen) atoms. The van der Waals surface area contributed by atoms with Crippen LogP contribution in [0.5, 0.6) is 5.75 Å². The molecule has 0 bridgehead atoms. The van der Waals surface area contributed by atoms with Gasteiger partial charge in [-0.3, -0.25) is 4.79 Å². The van der Waals surface area contributed by atoms with E-state index in [-0.39, 0.29) is 5.91 Å². The van der Waals surface area contributed by atoms with Gasteiger partial charge in [0.05, 0.1) is 17.6 Å². The summed E-state index contributed by atoms with van der Waals surface area (Å²) in [5, 5.41) is 3.02. The molecular weight excluding hydrogens is 410 g/mol. The number of hydrogen-bond acceptors (Lipinski definition) is 3. The Kier molecular flexibility index (Phi) is 7.08. The summed E-state index contributed by atoms with van der Waals surface area (Å²) in [5.41, 5.74) is 6.34. The van der Waals surface area contributed by atoms with E-state index in [1.54, 1.807) is 0 Å². The molecule has 0 aliphatic heterocycles. The molecule has 4 aromatic rings. The van der Waals surface area contributed by atoms with Crippen LogP contribution in [0.2, 0.25) is 0 Å². The van der Waals surface area contributed by atoms with Crippen LogP contribution in [0.15, 0.2) is 66.7 Å². The largest absolute Gasteiger partial charge is 0.492 e. The number of rotatable bonds is 9. The lowest BCUT2D eigenvalue weighted by Crippen LogP contribution is -2.25. The quantitative estimate of drug-likeness (QED) is 0.354. The maximum atomic E-state index is 12.4. The Bertz CT molecular complexity index is 1220. The van der Waals surface area contributed by atoms with Crippen molar-refractivity contribution in [3.63, 3.8) is 0 Å². The summed E-state index contributed by atoms with van der Waals surface area (Å²) in [6.07, 6.45) is 1.60. The number of nitrogens with zero attached hydrogens (tertiary/aromatic N) is 2. The van der Waals surface area contributed by atoms with Gasteiger partial charge in [-0.2, -0.15) is 0 Å². The number of carbonyl (C=O) groups excluding carboxylic acids is 1. The van der Waals surface area contributed by atoms with Crippen LogP contribution in [0.4, 0.5) is 0 Å². The lowest BCUT2D eigenvalue weighted by molar-refractivity contribution is 0.0953. The van der Waals surface area contributed by atoms with Gasteiger partial charge in [-0.15, -0.1) is 0 Å². The SMILES string of the molecule is Cc1ccc(C(=O)NCCCc2nc3ccccc3n2CCOc2cc(C)cc(C)c2)cc1. The lowest BCUT2D eigenvalue weighted by atomic mass is 10.1. The number of nitrogens with one attached hydrogen (secondary N) is 1. The number of aryl methyl sites for hydroxylation is 4. The second kappa shape index (κ2) is 10.3. The molecule has 0 fully saturated rings. The highest BCUT2D eigenvalue weighted by molar-refractivity contribution is 5.94. The maximum absolute atomic E-state index is 12.4. The normalized spacial score (nSPS) is 11.0. The van der Waals surface area contributed by atoms with Crippen molar-refractivity contribution in [1.82, 2.24) is 14.9 Å². The number of imidazole rings is 1. The van der Waals surface area contributed by atoms with Crippen molar-refractivity contribution in [3.8, 4) is 5.75 Å². The lowest BCUT2D eigenvalue weighted by Gasteiger charge is -2.12. The molecule has 0 aliphatic carbocycles. The summed E-state index contributed by atoms with van der Waals surface area (Å²) in [6.45, 7) is 8.08. The first kappa shape index (κ1) is 22.6. The summed E-state index contributed by atoms with van der Waals surface area (Å²) in [7, 11) is 0. The van der Waals surface area contributed by atoms with E-state index in [1.807, 2.05) is 49.4 Å². The molecular formula is C28H31N3O2. The second-order valence-corrected chi connectivity index (χ2v) is 8.57. The number of para-hydroxylation sites is 2. The fourth-order valence-electron chi connectivity index (χ4n) is 4.09. The average Bonchev–Trinajstić information content (AvgIpc) is 3.14. The van der Waals surface area contributed by atoms with Gasteiger partial charge >= 0.3 is 0 Å². The zero-order chi connectivity index (χ0) is 23.2. The first-order chi connectivity index (χ1) is 16.0. The fraction of sp³-hybridized carbons (Fsp3) is 0.286. The zero-order valence-electron chi connectivity index (χ0n) is 19.6. The molecule has 0 unspecified atom stereocenters. The molecule has 1 heterocycles. The van der Waals surface area contributed by atoms with Crippen molar-refractivity contribution in [2.45, 2.75) is 40.2 Å². The van der Waals surface area contributed by atoms with Gasteiger partial charge in [0.15, 0.2) is 0 Å². The van der Waals surface area contributed by atoms with Crippen LogP contribution < -0.4 is 10.1 Å². The van der Waals surface area contributed by atoms with E-state index in [1.165, 1.54) is 11.1 Å². The van der Waals surface area contributed by atoms with Crippen LogP contribution in [0, 0.1) is 20.8 Å². The molecule has 0 spiro atoms. The van der Waals surface area contributed by atoms with Crippen molar-refractivity contribution in [2.75, 3.05) is 13.2 Å². The van der Waals surface area contributed by atoms with Crippen molar-refractivity contribution in [2.24, 2.45) is 0 Å². The predicted octanol–water partition coefficient (Wildman–Crippen LogP) is 5.40. The molecule has 4 rings (SSSR count). The standard InChI is InChI=1S/C28H31N3O2/c1-20-10-12-23(13-11-20)28(32)29-14-6-9-27-30-25-7-4-5-8-26(25)31(27)15-16-33-24-18-21(2)17-22(3)19-24/h4-5,7-8,10-13,17-19H,6,9,14-16H2,1-3H3,(H,29,32). The van der Waals surface area contributed by atoms with Crippen molar-refractivity contribution in [1.29, 1.82) is 0 Å². The average molecular weight is 442 g/mol. The van der Waals surface area contributed by atoms with Crippen molar-refractivity contribution < 1.29 is 9.53 Å². The molecule has 1 amide bonds. The predicted molar refractivity (Wildman–Crippen MR) is 133 cm³/mol. The van der Waals surface area contributed by atoms with Gasteiger partial charge in [0.2, 0.25) is 0 Å². The van der Waals surface area contributed by atoms with E-state index in [4.69, 9.17) is 9.72 Å². The Morgan fingerprint density at radius 1 is 0.939 bits per heavy atom. The monoisotopic (exact) mass is 441 g/mol. The van der Waals surface area contributed by atoms with Gasteiger partial charge in [0.1, 0.15) is 18.2 Å². The molecule has 1 aromatic heterocycles. The Morgan fingerprint density at radius 2 is 1.67 bits per heavy atom. The third-order valence-corrected chi connectivity index (χ3v) is 5.69. The molecule has 0 atom stereocenters. The highest BCUT2D eigenvalue weighted by atomic mass is 16.5. The molecule has 5 heteroatoms. The third kappa shape index (κ3) is 5.80. The van der Waals surface area contributed by atoms with Gasteiger partial charge in [-0.1, -0.05) is 35.9 Å². The first-order valence-corrected chi connectivity index (χ1v) is 11.5. The molecule has 0 radical (unpaired) electrons. The minimum atomic E-state index is -0.0367. The van der Waals surface area contributed by atoms with E-state index in [2.05, 4.69) is 48.0 Å². The molecule has 1 N–H and O–H groups in total. The summed E-state index contributed by atoms with van der Waals surface area (Å²) < 4.78 is 8.29. The van der Waals surface area contributed by atoms with E-state index in [9.17, 15) is 4.79 Å². The third-order valence-electron chi connectivity index (χ3n) is 5.69. The fourth-order valence-corrected chi connectivity index (χ4v) is 4.09. The van der Waals surface area contributed by atoms with Gasteiger partial charge in [-0.05, 0) is 74.7 Å². The van der Waals surface area contributed by atoms with E-state index >= 15 is 0 Å². The molecule has 3 aromatic carbocycles. The summed E-state index contributed by atoms with van der Waals surface area (Å²) >= 11 is 0. The number of carbonyl (C=O) groups is 1. The molecule has 0 saturated carbocycles. The highest BCUT2D eigenvalue weighted by Gasteiger charge is 2.11. The van der Waals surface area contributed by atoms with E-state index in [0.29, 0.717) is 18.7 Å². The molecule has 0 aliphatic rings. The van der Waals surface area contributed by atoms with Crippen LogP contribution in [-0.4, -0.2) is 28.6 Å². The number of hydrogen-bond donors (Lipinski definition) is 1. The minimum Gasteiger partial charge on any atom is -0.492 e.